The summed E-state index contributed by atoms with van der Waals surface area (Å²) in [6.45, 7) is -0.341. The minimum atomic E-state index is -0.622. The standard InChI is InChI=1S/C28H20F2N2O2/c29-24-14-5-2-9-21(24)17-31-26(16-20-12-7-11-19-8-1-4-13-23(19)20)27(33)32(28(31)34)18-22-10-3-6-15-25(22)30/h1-16H,17-18H2. The number of imide groups is 1. The predicted molar refractivity (Wildman–Crippen MR) is 126 cm³/mol. The molecule has 1 aliphatic heterocycles. The van der Waals surface area contributed by atoms with Crippen LogP contribution in [0.1, 0.15) is 16.7 Å². The van der Waals surface area contributed by atoms with E-state index in [1.54, 1.807) is 36.4 Å². The molecule has 0 unspecified atom stereocenters. The molecule has 34 heavy (non-hydrogen) atoms. The first-order chi connectivity index (χ1) is 16.5. The Morgan fingerprint density at radius 2 is 1.21 bits per heavy atom. The molecule has 4 aromatic rings. The zero-order chi connectivity index (χ0) is 23.7. The van der Waals surface area contributed by atoms with Crippen molar-refractivity contribution < 1.29 is 18.4 Å². The first-order valence-electron chi connectivity index (χ1n) is 10.8. The summed E-state index contributed by atoms with van der Waals surface area (Å²) in [7, 11) is 0. The van der Waals surface area contributed by atoms with Gasteiger partial charge in [0.15, 0.2) is 0 Å². The number of hydrogen-bond acceptors (Lipinski definition) is 2. The Balaban J connectivity index is 1.59. The molecule has 0 bridgehead atoms. The van der Waals surface area contributed by atoms with Crippen LogP contribution in [0.4, 0.5) is 13.6 Å². The van der Waals surface area contributed by atoms with E-state index in [0.717, 1.165) is 21.2 Å². The van der Waals surface area contributed by atoms with Gasteiger partial charge in [0.25, 0.3) is 5.91 Å². The minimum Gasteiger partial charge on any atom is -0.284 e. The van der Waals surface area contributed by atoms with E-state index in [4.69, 9.17) is 0 Å². The van der Waals surface area contributed by atoms with Crippen LogP contribution in [0, 0.1) is 11.6 Å². The van der Waals surface area contributed by atoms with Crippen molar-refractivity contribution in [2.45, 2.75) is 13.1 Å². The average molecular weight is 454 g/mol. The van der Waals surface area contributed by atoms with Gasteiger partial charge in [-0.2, -0.15) is 0 Å². The van der Waals surface area contributed by atoms with Crippen molar-refractivity contribution in [2.24, 2.45) is 0 Å². The molecule has 5 rings (SSSR count). The molecule has 0 N–H and O–H groups in total. The van der Waals surface area contributed by atoms with Crippen molar-refractivity contribution in [2.75, 3.05) is 0 Å². The largest absolute Gasteiger partial charge is 0.332 e. The maximum atomic E-state index is 14.4. The second kappa shape index (κ2) is 8.90. The van der Waals surface area contributed by atoms with Gasteiger partial charge < -0.3 is 0 Å². The van der Waals surface area contributed by atoms with Crippen LogP contribution in [-0.4, -0.2) is 21.7 Å². The van der Waals surface area contributed by atoms with Crippen molar-refractivity contribution in [3.8, 4) is 0 Å². The molecule has 1 heterocycles. The molecule has 0 spiro atoms. The van der Waals surface area contributed by atoms with Crippen molar-refractivity contribution >= 4 is 28.8 Å². The molecule has 4 aromatic carbocycles. The van der Waals surface area contributed by atoms with Crippen LogP contribution in [0.3, 0.4) is 0 Å². The third-order valence-corrected chi connectivity index (χ3v) is 5.91. The Morgan fingerprint density at radius 1 is 0.647 bits per heavy atom. The molecular weight excluding hydrogens is 434 g/mol. The molecular formula is C28H20F2N2O2. The summed E-state index contributed by atoms with van der Waals surface area (Å²) in [6.07, 6.45) is 1.64. The van der Waals surface area contributed by atoms with Gasteiger partial charge in [0.1, 0.15) is 17.3 Å². The Kier molecular flexibility index (Phi) is 5.64. The fourth-order valence-corrected chi connectivity index (χ4v) is 4.14. The van der Waals surface area contributed by atoms with Gasteiger partial charge in [-0.1, -0.05) is 78.9 Å². The van der Waals surface area contributed by atoms with Gasteiger partial charge in [0, 0.05) is 11.1 Å². The van der Waals surface area contributed by atoms with Gasteiger partial charge in [-0.25, -0.2) is 13.6 Å². The molecule has 0 atom stereocenters. The fourth-order valence-electron chi connectivity index (χ4n) is 4.14. The SMILES string of the molecule is O=C1C(=Cc2cccc3ccccc23)N(Cc2ccccc2F)C(=O)N1Cc1ccccc1F. The zero-order valence-corrected chi connectivity index (χ0v) is 18.1. The van der Waals surface area contributed by atoms with E-state index in [1.807, 2.05) is 42.5 Å². The highest BCUT2D eigenvalue weighted by Gasteiger charge is 2.41. The highest BCUT2D eigenvalue weighted by atomic mass is 19.1. The molecule has 0 aromatic heterocycles. The zero-order valence-electron chi connectivity index (χ0n) is 18.1. The van der Waals surface area contributed by atoms with E-state index < -0.39 is 23.6 Å². The lowest BCUT2D eigenvalue weighted by molar-refractivity contribution is -0.123. The van der Waals surface area contributed by atoms with Gasteiger partial charge in [0.2, 0.25) is 0 Å². The lowest BCUT2D eigenvalue weighted by atomic mass is 10.0. The van der Waals surface area contributed by atoms with E-state index >= 15 is 0 Å². The second-order valence-corrected chi connectivity index (χ2v) is 8.04. The molecule has 0 saturated carbocycles. The lowest BCUT2D eigenvalue weighted by Crippen LogP contribution is -2.32. The summed E-state index contributed by atoms with van der Waals surface area (Å²) in [5.41, 5.74) is 1.36. The minimum absolute atomic E-state index is 0.112. The quantitative estimate of drug-likeness (QED) is 0.269. The van der Waals surface area contributed by atoms with Gasteiger partial charge in [-0.15, -0.1) is 0 Å². The second-order valence-electron chi connectivity index (χ2n) is 8.04. The first kappa shape index (κ1) is 21.5. The number of benzene rings is 4. The number of carbonyl (C=O) groups excluding carboxylic acids is 2. The number of nitrogens with zero attached hydrogens (tertiary/aromatic N) is 2. The van der Waals surface area contributed by atoms with E-state index in [-0.39, 0.29) is 29.9 Å². The molecule has 1 saturated heterocycles. The van der Waals surface area contributed by atoms with Crippen LogP contribution in [0.5, 0.6) is 0 Å². The van der Waals surface area contributed by atoms with Gasteiger partial charge in [-0.3, -0.25) is 14.6 Å². The summed E-state index contributed by atoms with van der Waals surface area (Å²) >= 11 is 0. The maximum Gasteiger partial charge on any atom is 0.332 e. The molecule has 168 valence electrons. The van der Waals surface area contributed by atoms with Crippen LogP contribution >= 0.6 is 0 Å². The molecule has 6 heteroatoms. The Hall–Kier alpha value is -4.32. The number of hydrogen-bond donors (Lipinski definition) is 0. The number of carbonyl (C=O) groups is 2. The first-order valence-corrected chi connectivity index (χ1v) is 10.8. The molecule has 3 amide bonds. The van der Waals surface area contributed by atoms with Crippen LogP contribution in [0.15, 0.2) is 96.7 Å². The summed E-state index contributed by atoms with van der Waals surface area (Å²) in [4.78, 5) is 29.0. The summed E-state index contributed by atoms with van der Waals surface area (Å²) < 4.78 is 28.7. The van der Waals surface area contributed by atoms with Crippen LogP contribution < -0.4 is 0 Å². The van der Waals surface area contributed by atoms with E-state index in [2.05, 4.69) is 0 Å². The van der Waals surface area contributed by atoms with Crippen molar-refractivity contribution in [1.29, 1.82) is 0 Å². The topological polar surface area (TPSA) is 40.6 Å². The number of halogens is 2. The maximum absolute atomic E-state index is 14.4. The van der Waals surface area contributed by atoms with Crippen LogP contribution in [0.2, 0.25) is 0 Å². The summed E-state index contributed by atoms with van der Waals surface area (Å²) in [5.74, 6) is -1.53. The van der Waals surface area contributed by atoms with E-state index in [1.165, 1.54) is 23.1 Å². The van der Waals surface area contributed by atoms with E-state index in [0.29, 0.717) is 0 Å². The van der Waals surface area contributed by atoms with Crippen molar-refractivity contribution in [3.05, 3.63) is 125 Å². The average Bonchev–Trinajstić information content (AvgIpc) is 3.06. The third kappa shape index (κ3) is 3.94. The van der Waals surface area contributed by atoms with Crippen molar-refractivity contribution in [1.82, 2.24) is 9.80 Å². The Labute approximate surface area is 195 Å². The number of rotatable bonds is 5. The van der Waals surface area contributed by atoms with E-state index in [9.17, 15) is 18.4 Å². The van der Waals surface area contributed by atoms with Crippen molar-refractivity contribution in [3.63, 3.8) is 0 Å². The Morgan fingerprint density at radius 3 is 1.88 bits per heavy atom. The van der Waals surface area contributed by atoms with Crippen LogP contribution in [0.25, 0.3) is 16.8 Å². The normalized spacial score (nSPS) is 15.1. The number of fused-ring (bicyclic) bond motifs is 1. The molecule has 0 radical (unpaired) electrons. The summed E-state index contributed by atoms with van der Waals surface area (Å²) in [5, 5.41) is 1.90. The summed E-state index contributed by atoms with van der Waals surface area (Å²) in [6, 6.07) is 24.9. The number of urea groups is 1. The van der Waals surface area contributed by atoms with Gasteiger partial charge in [0.05, 0.1) is 13.1 Å². The van der Waals surface area contributed by atoms with Gasteiger partial charge >= 0.3 is 6.03 Å². The monoisotopic (exact) mass is 454 g/mol. The third-order valence-electron chi connectivity index (χ3n) is 5.91. The Bertz CT molecular complexity index is 1440. The predicted octanol–water partition coefficient (Wildman–Crippen LogP) is 6.12. The van der Waals surface area contributed by atoms with Gasteiger partial charge in [-0.05, 0) is 34.5 Å². The fraction of sp³-hybridized carbons (Fsp3) is 0.0714. The lowest BCUT2D eigenvalue weighted by Gasteiger charge is -2.18. The van der Waals surface area contributed by atoms with Crippen LogP contribution in [-0.2, 0) is 17.9 Å². The smallest absolute Gasteiger partial charge is 0.284 e. The molecule has 4 nitrogen and oxygen atoms in total. The molecule has 1 fully saturated rings. The molecule has 1 aliphatic rings. The highest BCUT2D eigenvalue weighted by molar-refractivity contribution is 6.14. The molecule has 0 aliphatic carbocycles. The highest BCUT2D eigenvalue weighted by Crippen LogP contribution is 2.30. The number of amides is 3.